The topological polar surface area (TPSA) is 209 Å². The molecule has 2 aromatic carbocycles. The summed E-state index contributed by atoms with van der Waals surface area (Å²) in [5, 5.41) is 31.9. The molecule has 0 saturated carbocycles. The van der Waals surface area contributed by atoms with E-state index in [1.54, 1.807) is 45.0 Å². The average Bonchev–Trinajstić information content (AvgIpc) is 3.10. The first-order chi connectivity index (χ1) is 24.2. The van der Waals surface area contributed by atoms with E-state index >= 15 is 0 Å². The Bertz CT molecular complexity index is 1420. The van der Waals surface area contributed by atoms with Crippen LogP contribution in [-0.4, -0.2) is 83.2 Å². The summed E-state index contributed by atoms with van der Waals surface area (Å²) in [6.45, 7) is 11.4. The molecule has 51 heavy (non-hydrogen) atoms. The Labute approximate surface area is 301 Å². The Kier molecular flexibility index (Phi) is 18.1. The minimum atomic E-state index is -1.37. The molecule has 0 saturated heterocycles. The summed E-state index contributed by atoms with van der Waals surface area (Å²) in [5.74, 6) is -3.75. The van der Waals surface area contributed by atoms with Crippen molar-refractivity contribution >= 4 is 29.6 Å². The van der Waals surface area contributed by atoms with E-state index in [4.69, 9.17) is 10.5 Å². The van der Waals surface area contributed by atoms with Gasteiger partial charge in [0, 0.05) is 6.54 Å². The number of rotatable bonds is 22. The number of carbonyl (C=O) groups excluding carboxylic acids is 4. The minimum absolute atomic E-state index is 0.00554. The molecule has 0 radical (unpaired) electrons. The predicted molar refractivity (Wildman–Crippen MR) is 195 cm³/mol. The van der Waals surface area contributed by atoms with Crippen LogP contribution < -0.4 is 31.7 Å². The Morgan fingerprint density at radius 3 is 1.86 bits per heavy atom. The number of hydrogen-bond donors (Lipinski definition) is 7. The van der Waals surface area contributed by atoms with Gasteiger partial charge in [0.05, 0.1) is 25.0 Å². The molecule has 0 heterocycles. The fraction of sp³-hybridized carbons (Fsp3) is 0.553. The van der Waals surface area contributed by atoms with Crippen LogP contribution in [0, 0.1) is 17.8 Å². The number of nitrogens with one attached hydrogen (secondary N) is 4. The van der Waals surface area contributed by atoms with Gasteiger partial charge < -0.3 is 42.0 Å². The number of carboxylic acids is 1. The van der Waals surface area contributed by atoms with Crippen molar-refractivity contribution in [2.75, 3.05) is 13.2 Å². The maximum absolute atomic E-state index is 13.8. The van der Waals surface area contributed by atoms with Crippen molar-refractivity contribution in [2.45, 2.75) is 104 Å². The third-order valence-corrected chi connectivity index (χ3v) is 8.99. The van der Waals surface area contributed by atoms with Gasteiger partial charge >= 0.3 is 5.97 Å². The van der Waals surface area contributed by atoms with Crippen molar-refractivity contribution in [3.63, 3.8) is 0 Å². The highest BCUT2D eigenvalue weighted by Crippen LogP contribution is 2.17. The first kappa shape index (κ1) is 42.7. The van der Waals surface area contributed by atoms with Gasteiger partial charge in [-0.1, -0.05) is 96.8 Å². The van der Waals surface area contributed by atoms with E-state index < -0.39 is 60.4 Å². The summed E-state index contributed by atoms with van der Waals surface area (Å²) in [4.78, 5) is 65.2. The van der Waals surface area contributed by atoms with Crippen LogP contribution in [0.4, 0.5) is 0 Å². The van der Waals surface area contributed by atoms with Gasteiger partial charge in [-0.15, -0.1) is 0 Å². The maximum atomic E-state index is 13.8. The largest absolute Gasteiger partial charge is 0.492 e. The van der Waals surface area contributed by atoms with E-state index in [0.717, 1.165) is 5.56 Å². The SMILES string of the molecule is CC[C@H](C)[C@H](NC(=O)C[C@H](O)[C@H](Cc1ccccc1)NC(=O)[C@@H](NC(=O)Cc1cccc(OCCN)c1)[C@@H](C)CC)C(=O)N[C@H](C(=O)O)C(C)C. The molecule has 0 aliphatic carbocycles. The number of aliphatic hydroxyl groups excluding tert-OH is 1. The molecule has 0 fully saturated rings. The number of carbonyl (C=O) groups is 5. The molecule has 13 heteroatoms. The lowest BCUT2D eigenvalue weighted by atomic mass is 9.94. The van der Waals surface area contributed by atoms with E-state index in [-0.39, 0.29) is 36.5 Å². The lowest BCUT2D eigenvalue weighted by molar-refractivity contribution is -0.143. The Morgan fingerprint density at radius 1 is 0.745 bits per heavy atom. The molecule has 2 aromatic rings. The number of carboxylic acid groups (broad SMARTS) is 1. The van der Waals surface area contributed by atoms with Gasteiger partial charge in [0.15, 0.2) is 0 Å². The molecule has 0 aromatic heterocycles. The normalized spacial score (nSPS) is 15.3. The van der Waals surface area contributed by atoms with Gasteiger partial charge in [-0.05, 0) is 47.4 Å². The molecule has 0 bridgehead atoms. The molecule has 282 valence electrons. The van der Waals surface area contributed by atoms with Crippen LogP contribution in [-0.2, 0) is 36.8 Å². The van der Waals surface area contributed by atoms with Crippen molar-refractivity contribution in [1.82, 2.24) is 21.3 Å². The highest BCUT2D eigenvalue weighted by atomic mass is 16.5. The van der Waals surface area contributed by atoms with Crippen LogP contribution in [0.15, 0.2) is 54.6 Å². The van der Waals surface area contributed by atoms with Crippen molar-refractivity contribution in [2.24, 2.45) is 23.5 Å². The third-order valence-electron chi connectivity index (χ3n) is 8.99. The number of nitrogens with two attached hydrogens (primary N) is 1. The van der Waals surface area contributed by atoms with E-state index in [2.05, 4.69) is 21.3 Å². The summed E-state index contributed by atoms with van der Waals surface area (Å²) in [6.07, 6.45) is -0.542. The maximum Gasteiger partial charge on any atom is 0.326 e. The van der Waals surface area contributed by atoms with Gasteiger partial charge in [0.25, 0.3) is 0 Å². The molecular weight excluding hydrogens is 654 g/mol. The smallest absolute Gasteiger partial charge is 0.326 e. The fourth-order valence-corrected chi connectivity index (χ4v) is 5.48. The van der Waals surface area contributed by atoms with Crippen molar-refractivity contribution in [1.29, 1.82) is 0 Å². The molecule has 8 N–H and O–H groups in total. The van der Waals surface area contributed by atoms with Crippen LogP contribution in [0.25, 0.3) is 0 Å². The number of ether oxygens (including phenoxy) is 1. The van der Waals surface area contributed by atoms with Crippen LogP contribution in [0.1, 0.15) is 71.9 Å². The molecule has 0 aliphatic heterocycles. The summed E-state index contributed by atoms with van der Waals surface area (Å²) < 4.78 is 5.56. The zero-order valence-electron chi connectivity index (χ0n) is 30.7. The van der Waals surface area contributed by atoms with Gasteiger partial charge in [0.1, 0.15) is 30.5 Å². The number of hydrogen-bond acceptors (Lipinski definition) is 8. The Hall–Kier alpha value is -4.49. The van der Waals surface area contributed by atoms with Crippen LogP contribution in [0.2, 0.25) is 0 Å². The zero-order valence-corrected chi connectivity index (χ0v) is 30.7. The van der Waals surface area contributed by atoms with E-state index in [0.29, 0.717) is 37.3 Å². The van der Waals surface area contributed by atoms with Gasteiger partial charge in [-0.3, -0.25) is 19.2 Å². The van der Waals surface area contributed by atoms with Crippen molar-refractivity contribution in [3.05, 3.63) is 65.7 Å². The Balaban J connectivity index is 2.24. The molecular formula is C38H57N5O8. The highest BCUT2D eigenvalue weighted by molar-refractivity contribution is 5.91. The van der Waals surface area contributed by atoms with Crippen molar-refractivity contribution < 1.29 is 38.9 Å². The number of benzene rings is 2. The number of aliphatic carboxylic acids is 1. The summed E-state index contributed by atoms with van der Waals surface area (Å²) in [6, 6.07) is 12.2. The van der Waals surface area contributed by atoms with Crippen LogP contribution in [0.5, 0.6) is 5.75 Å². The highest BCUT2D eigenvalue weighted by Gasteiger charge is 2.34. The van der Waals surface area contributed by atoms with Gasteiger partial charge in [-0.2, -0.15) is 0 Å². The monoisotopic (exact) mass is 711 g/mol. The van der Waals surface area contributed by atoms with E-state index in [1.807, 2.05) is 51.1 Å². The second-order valence-electron chi connectivity index (χ2n) is 13.5. The number of aliphatic hydroxyl groups is 1. The van der Waals surface area contributed by atoms with E-state index in [1.165, 1.54) is 0 Å². The van der Waals surface area contributed by atoms with E-state index in [9.17, 15) is 34.2 Å². The standard InChI is InChI=1S/C38H57N5O8/c1-7-24(5)34(41-31(45)21-27-15-12-16-28(19-27)51-18-17-39)36(47)40-29(20-26-13-10-9-11-14-26)30(44)22-32(46)42-35(25(6)8-2)37(48)43-33(23(3)4)38(49)50/h9-16,19,23-25,29-30,33-35,44H,7-8,17-18,20-22,39H2,1-6H3,(H,40,47)(H,41,45)(H,42,46)(H,43,48)(H,49,50)/t24-,25-,29-,30-,33-,34-,35-/m0/s1. The lowest BCUT2D eigenvalue weighted by Crippen LogP contribution is -2.57. The summed E-state index contributed by atoms with van der Waals surface area (Å²) in [5.41, 5.74) is 7.02. The minimum Gasteiger partial charge on any atom is -0.492 e. The van der Waals surface area contributed by atoms with Gasteiger partial charge in [-0.25, -0.2) is 4.79 Å². The van der Waals surface area contributed by atoms with Crippen LogP contribution >= 0.6 is 0 Å². The fourth-order valence-electron chi connectivity index (χ4n) is 5.48. The molecule has 13 nitrogen and oxygen atoms in total. The predicted octanol–water partition coefficient (Wildman–Crippen LogP) is 2.33. The molecule has 0 aliphatic rings. The molecule has 2 rings (SSSR count). The molecule has 7 atom stereocenters. The van der Waals surface area contributed by atoms with Crippen LogP contribution in [0.3, 0.4) is 0 Å². The number of amides is 4. The third kappa shape index (κ3) is 14.3. The quantitative estimate of drug-likeness (QED) is 0.0955. The second-order valence-corrected chi connectivity index (χ2v) is 13.5. The first-order valence-electron chi connectivity index (χ1n) is 17.8. The average molecular weight is 712 g/mol. The van der Waals surface area contributed by atoms with Gasteiger partial charge in [0.2, 0.25) is 23.6 Å². The molecule has 0 spiro atoms. The first-order valence-corrected chi connectivity index (χ1v) is 17.8. The lowest BCUT2D eigenvalue weighted by Gasteiger charge is -2.30. The zero-order chi connectivity index (χ0) is 38.1. The summed E-state index contributed by atoms with van der Waals surface area (Å²) >= 11 is 0. The summed E-state index contributed by atoms with van der Waals surface area (Å²) in [7, 11) is 0. The Morgan fingerprint density at radius 2 is 1.31 bits per heavy atom. The van der Waals surface area contributed by atoms with Crippen molar-refractivity contribution in [3.8, 4) is 5.75 Å². The molecule has 0 unspecified atom stereocenters. The molecule has 4 amide bonds. The second kappa shape index (κ2) is 21.7.